The van der Waals surface area contributed by atoms with Crippen molar-refractivity contribution in [2.75, 3.05) is 19.6 Å². The highest BCUT2D eigenvalue weighted by Gasteiger charge is 2.29. The van der Waals surface area contributed by atoms with Crippen molar-refractivity contribution in [3.8, 4) is 0 Å². The molecular weight excluding hydrogens is 136 g/mol. The first kappa shape index (κ1) is 7.56. The fourth-order valence-corrected chi connectivity index (χ4v) is 2.40. The molecule has 11 heavy (non-hydrogen) atoms. The summed E-state index contributed by atoms with van der Waals surface area (Å²) in [5, 5.41) is 3.51. The van der Waals surface area contributed by atoms with E-state index in [1.54, 1.807) is 0 Å². The van der Waals surface area contributed by atoms with E-state index in [2.05, 4.69) is 17.1 Å². The molecular formula is C9H18N2. The van der Waals surface area contributed by atoms with Crippen molar-refractivity contribution in [1.29, 1.82) is 0 Å². The van der Waals surface area contributed by atoms with Crippen molar-refractivity contribution < 1.29 is 0 Å². The standard InChI is InChI=1S/C9H18N2/c1-8-4-5-10-7-9-3-2-6-11(8)9/h8-10H,2-7H2,1H3. The Hall–Kier alpha value is -0.0800. The topological polar surface area (TPSA) is 15.3 Å². The van der Waals surface area contributed by atoms with Crippen molar-refractivity contribution >= 4 is 0 Å². The van der Waals surface area contributed by atoms with E-state index in [0.29, 0.717) is 0 Å². The fraction of sp³-hybridized carbons (Fsp3) is 1.00. The maximum absolute atomic E-state index is 3.51. The van der Waals surface area contributed by atoms with Gasteiger partial charge in [0.1, 0.15) is 0 Å². The highest BCUT2D eigenvalue weighted by atomic mass is 15.2. The second kappa shape index (κ2) is 3.11. The van der Waals surface area contributed by atoms with Crippen LogP contribution in [0.4, 0.5) is 0 Å². The Morgan fingerprint density at radius 1 is 1.36 bits per heavy atom. The molecule has 0 aromatic heterocycles. The third-order valence-electron chi connectivity index (χ3n) is 3.11. The van der Waals surface area contributed by atoms with Gasteiger partial charge >= 0.3 is 0 Å². The van der Waals surface area contributed by atoms with Crippen LogP contribution in [0.15, 0.2) is 0 Å². The summed E-state index contributed by atoms with van der Waals surface area (Å²) in [4.78, 5) is 2.68. The smallest absolute Gasteiger partial charge is 0.0223 e. The highest BCUT2D eigenvalue weighted by Crippen LogP contribution is 2.22. The van der Waals surface area contributed by atoms with Crippen LogP contribution in [0.5, 0.6) is 0 Å². The first-order chi connectivity index (χ1) is 5.38. The van der Waals surface area contributed by atoms with Gasteiger partial charge in [-0.05, 0) is 39.3 Å². The van der Waals surface area contributed by atoms with E-state index in [9.17, 15) is 0 Å². The van der Waals surface area contributed by atoms with Gasteiger partial charge < -0.3 is 5.32 Å². The van der Waals surface area contributed by atoms with Gasteiger partial charge in [0.15, 0.2) is 0 Å². The summed E-state index contributed by atoms with van der Waals surface area (Å²) in [5.41, 5.74) is 0. The normalized spacial score (nSPS) is 40.1. The number of nitrogens with one attached hydrogen (secondary N) is 1. The lowest BCUT2D eigenvalue weighted by Crippen LogP contribution is -2.38. The molecule has 0 aromatic rings. The Kier molecular flexibility index (Phi) is 2.14. The van der Waals surface area contributed by atoms with E-state index in [1.165, 1.54) is 38.9 Å². The highest BCUT2D eigenvalue weighted by molar-refractivity contribution is 4.87. The Bertz CT molecular complexity index is 136. The van der Waals surface area contributed by atoms with E-state index in [1.807, 2.05) is 0 Å². The maximum Gasteiger partial charge on any atom is 0.0223 e. The van der Waals surface area contributed by atoms with Gasteiger partial charge in [0, 0.05) is 18.6 Å². The maximum atomic E-state index is 3.51. The largest absolute Gasteiger partial charge is 0.315 e. The molecule has 0 saturated carbocycles. The summed E-state index contributed by atoms with van der Waals surface area (Å²) in [7, 11) is 0. The molecule has 2 aliphatic heterocycles. The molecule has 2 nitrogen and oxygen atoms in total. The molecule has 64 valence electrons. The summed E-state index contributed by atoms with van der Waals surface area (Å²) < 4.78 is 0. The van der Waals surface area contributed by atoms with E-state index >= 15 is 0 Å². The average molecular weight is 154 g/mol. The zero-order valence-corrected chi connectivity index (χ0v) is 7.34. The Balaban J connectivity index is 2.03. The second-order valence-corrected chi connectivity index (χ2v) is 3.88. The molecule has 2 aliphatic rings. The van der Waals surface area contributed by atoms with Crippen LogP contribution in [0.1, 0.15) is 26.2 Å². The third-order valence-corrected chi connectivity index (χ3v) is 3.11. The summed E-state index contributed by atoms with van der Waals surface area (Å²) in [6.45, 7) is 6.15. The number of hydrogen-bond donors (Lipinski definition) is 1. The molecule has 0 aromatic carbocycles. The quantitative estimate of drug-likeness (QED) is 0.556. The summed E-state index contributed by atoms with van der Waals surface area (Å²) in [5.74, 6) is 0. The Labute approximate surface area is 69.0 Å². The monoisotopic (exact) mass is 154 g/mol. The predicted molar refractivity (Wildman–Crippen MR) is 46.7 cm³/mol. The van der Waals surface area contributed by atoms with Gasteiger partial charge in [-0.25, -0.2) is 0 Å². The number of rotatable bonds is 0. The molecule has 2 fully saturated rings. The lowest BCUT2D eigenvalue weighted by Gasteiger charge is -2.27. The van der Waals surface area contributed by atoms with Crippen LogP contribution >= 0.6 is 0 Å². The molecule has 1 N–H and O–H groups in total. The summed E-state index contributed by atoms with van der Waals surface area (Å²) in [6, 6.07) is 1.67. The van der Waals surface area contributed by atoms with Crippen LogP contribution in [-0.4, -0.2) is 36.6 Å². The van der Waals surface area contributed by atoms with Crippen molar-refractivity contribution in [2.24, 2.45) is 0 Å². The molecule has 2 heterocycles. The lowest BCUT2D eigenvalue weighted by atomic mass is 10.2. The zero-order valence-electron chi connectivity index (χ0n) is 7.34. The summed E-state index contributed by atoms with van der Waals surface area (Å²) >= 11 is 0. The predicted octanol–water partition coefficient (Wildman–Crippen LogP) is 0.833. The van der Waals surface area contributed by atoms with Gasteiger partial charge in [0.05, 0.1) is 0 Å². The molecule has 0 amide bonds. The van der Waals surface area contributed by atoms with Gasteiger partial charge in [0.2, 0.25) is 0 Å². The number of hydrogen-bond acceptors (Lipinski definition) is 2. The van der Waals surface area contributed by atoms with Crippen LogP contribution in [0, 0.1) is 0 Å². The SMILES string of the molecule is CC1CCNCC2CCCN12. The first-order valence-electron chi connectivity index (χ1n) is 4.84. The Morgan fingerprint density at radius 3 is 3.18 bits per heavy atom. The van der Waals surface area contributed by atoms with Crippen LogP contribution < -0.4 is 5.32 Å². The van der Waals surface area contributed by atoms with Crippen molar-refractivity contribution in [3.05, 3.63) is 0 Å². The molecule has 0 spiro atoms. The number of nitrogens with zero attached hydrogens (tertiary/aromatic N) is 1. The second-order valence-electron chi connectivity index (χ2n) is 3.88. The minimum absolute atomic E-state index is 0.817. The molecule has 0 aliphatic carbocycles. The van der Waals surface area contributed by atoms with Crippen molar-refractivity contribution in [2.45, 2.75) is 38.3 Å². The fourth-order valence-electron chi connectivity index (χ4n) is 2.40. The molecule has 2 rings (SSSR count). The molecule has 0 bridgehead atoms. The first-order valence-corrected chi connectivity index (χ1v) is 4.84. The van der Waals surface area contributed by atoms with E-state index in [4.69, 9.17) is 0 Å². The van der Waals surface area contributed by atoms with E-state index in [0.717, 1.165) is 12.1 Å². The lowest BCUT2D eigenvalue weighted by molar-refractivity contribution is 0.203. The zero-order chi connectivity index (χ0) is 7.68. The van der Waals surface area contributed by atoms with Crippen LogP contribution in [0.2, 0.25) is 0 Å². The van der Waals surface area contributed by atoms with Gasteiger partial charge in [0.25, 0.3) is 0 Å². The summed E-state index contributed by atoms with van der Waals surface area (Å²) in [6.07, 6.45) is 4.16. The Morgan fingerprint density at radius 2 is 2.27 bits per heavy atom. The van der Waals surface area contributed by atoms with Crippen molar-refractivity contribution in [3.63, 3.8) is 0 Å². The molecule has 2 saturated heterocycles. The molecule has 2 heteroatoms. The van der Waals surface area contributed by atoms with E-state index < -0.39 is 0 Å². The van der Waals surface area contributed by atoms with E-state index in [-0.39, 0.29) is 0 Å². The van der Waals surface area contributed by atoms with Crippen LogP contribution in [0.25, 0.3) is 0 Å². The van der Waals surface area contributed by atoms with Gasteiger partial charge in [-0.15, -0.1) is 0 Å². The van der Waals surface area contributed by atoms with Gasteiger partial charge in [-0.3, -0.25) is 4.90 Å². The minimum Gasteiger partial charge on any atom is -0.315 e. The molecule has 0 radical (unpaired) electrons. The van der Waals surface area contributed by atoms with Crippen molar-refractivity contribution in [1.82, 2.24) is 10.2 Å². The van der Waals surface area contributed by atoms with Crippen LogP contribution in [0.3, 0.4) is 0 Å². The minimum atomic E-state index is 0.817. The number of fused-ring (bicyclic) bond motifs is 1. The van der Waals surface area contributed by atoms with Gasteiger partial charge in [-0.2, -0.15) is 0 Å². The molecule has 2 atom stereocenters. The third kappa shape index (κ3) is 1.42. The average Bonchev–Trinajstić information content (AvgIpc) is 2.40. The van der Waals surface area contributed by atoms with Crippen LogP contribution in [-0.2, 0) is 0 Å². The van der Waals surface area contributed by atoms with Gasteiger partial charge in [-0.1, -0.05) is 0 Å². The molecule has 2 unspecified atom stereocenters.